The number of ether oxygens (including phenoxy) is 6. The Balaban J connectivity index is 1.65. The van der Waals surface area contributed by atoms with Crippen LogP contribution in [0, 0.1) is 35.5 Å². The van der Waals surface area contributed by atoms with Gasteiger partial charge in [-0.3, -0.25) is 28.3 Å². The van der Waals surface area contributed by atoms with Crippen LogP contribution >= 0.6 is 15.2 Å². The van der Waals surface area contributed by atoms with Gasteiger partial charge in [0.1, 0.15) is 25.4 Å². The Labute approximate surface area is 343 Å². The number of carbonyl (C=O) groups is 4. The van der Waals surface area contributed by atoms with Gasteiger partial charge in [0, 0.05) is 13.2 Å². The van der Waals surface area contributed by atoms with E-state index in [4.69, 9.17) is 46.5 Å². The van der Waals surface area contributed by atoms with Gasteiger partial charge in [-0.05, 0) is 90.9 Å². The highest BCUT2D eigenvalue weighted by molar-refractivity contribution is 7.53. The van der Waals surface area contributed by atoms with E-state index in [2.05, 4.69) is 0 Å². The molecular formula is C38H68O18P2. The Bertz CT molecular complexity index is 1210. The molecule has 58 heavy (non-hydrogen) atoms. The molecule has 0 bridgehead atoms. The van der Waals surface area contributed by atoms with Crippen LogP contribution in [0.2, 0.25) is 0 Å². The molecule has 0 spiro atoms. The van der Waals surface area contributed by atoms with Crippen LogP contribution in [0.3, 0.4) is 0 Å². The number of hydrogen-bond acceptors (Lipinski definition) is 18. The molecule has 2 N–H and O–H groups in total. The number of esters is 4. The molecule has 8 atom stereocenters. The average Bonchev–Trinajstić information content (AvgIpc) is 3.18. The number of hydrogen-bond donors (Lipinski definition) is 2. The molecule has 338 valence electrons. The standard InChI is InChI=1S/C38H68O18P2/c1-7-53-57(45,54-8-2)25-51-35(41)31-15-13-27(5)19-33(31)37(43)49-23-29(39)21-47-17-11-12-18-48-22-30(40)24-50-38(44)34-20-28(6)14-16-32(34)36(42)52-26-58(46,55-9-3)56-10-4/h27-34,39-40H,7-26H2,1-6H3. The van der Waals surface area contributed by atoms with Crippen LogP contribution in [0.4, 0.5) is 0 Å². The molecule has 2 fully saturated rings. The van der Waals surface area contributed by atoms with E-state index < -0.39 is 87.6 Å². The van der Waals surface area contributed by atoms with E-state index in [0.29, 0.717) is 51.4 Å². The van der Waals surface area contributed by atoms with Crippen molar-refractivity contribution in [1.82, 2.24) is 0 Å². The molecule has 2 aliphatic carbocycles. The van der Waals surface area contributed by atoms with Gasteiger partial charge in [0.05, 0.1) is 63.3 Å². The summed E-state index contributed by atoms with van der Waals surface area (Å²) in [4.78, 5) is 51.9. The van der Waals surface area contributed by atoms with E-state index in [1.165, 1.54) is 0 Å². The van der Waals surface area contributed by atoms with Crippen molar-refractivity contribution < 1.29 is 85.0 Å². The monoisotopic (exact) mass is 874 g/mol. The molecule has 0 aromatic carbocycles. The predicted molar refractivity (Wildman–Crippen MR) is 208 cm³/mol. The minimum Gasteiger partial charge on any atom is -0.463 e. The van der Waals surface area contributed by atoms with Crippen molar-refractivity contribution in [1.29, 1.82) is 0 Å². The molecular weight excluding hydrogens is 806 g/mol. The fourth-order valence-corrected chi connectivity index (χ4v) is 9.46. The second-order valence-electron chi connectivity index (χ2n) is 14.8. The van der Waals surface area contributed by atoms with Gasteiger partial charge in [0.25, 0.3) is 0 Å². The first-order valence-corrected chi connectivity index (χ1v) is 24.0. The topological polar surface area (TPSA) is 235 Å². The highest BCUT2D eigenvalue weighted by Gasteiger charge is 2.43. The van der Waals surface area contributed by atoms with Crippen molar-refractivity contribution >= 4 is 39.1 Å². The first-order valence-electron chi connectivity index (χ1n) is 20.5. The molecule has 8 unspecified atom stereocenters. The highest BCUT2D eigenvalue weighted by Crippen LogP contribution is 2.49. The highest BCUT2D eigenvalue weighted by atomic mass is 31.2. The van der Waals surface area contributed by atoms with E-state index in [-0.39, 0.29) is 77.9 Å². The molecule has 0 saturated heterocycles. The normalized spacial score (nSPS) is 23.7. The van der Waals surface area contributed by atoms with Gasteiger partial charge >= 0.3 is 39.1 Å². The van der Waals surface area contributed by atoms with Crippen LogP contribution in [0.25, 0.3) is 0 Å². The number of rotatable bonds is 29. The third-order valence-electron chi connectivity index (χ3n) is 9.75. The number of aliphatic hydroxyl groups excluding tert-OH is 2. The van der Waals surface area contributed by atoms with Gasteiger partial charge in [-0.2, -0.15) is 0 Å². The van der Waals surface area contributed by atoms with Gasteiger partial charge in [-0.25, -0.2) is 0 Å². The van der Waals surface area contributed by atoms with Crippen LogP contribution in [0.1, 0.15) is 92.9 Å². The molecule has 0 aliphatic heterocycles. The average molecular weight is 875 g/mol. The predicted octanol–water partition coefficient (Wildman–Crippen LogP) is 5.25. The summed E-state index contributed by atoms with van der Waals surface area (Å²) in [6.45, 7) is 10.8. The Kier molecular flexibility index (Phi) is 25.0. The van der Waals surface area contributed by atoms with E-state index in [9.17, 15) is 38.5 Å². The zero-order valence-electron chi connectivity index (χ0n) is 35.1. The van der Waals surface area contributed by atoms with Gasteiger partial charge in [-0.15, -0.1) is 0 Å². The van der Waals surface area contributed by atoms with Crippen LogP contribution in [0.5, 0.6) is 0 Å². The molecule has 0 aromatic rings. The van der Waals surface area contributed by atoms with E-state index in [1.807, 2.05) is 13.8 Å². The van der Waals surface area contributed by atoms with Crippen LogP contribution in [0.15, 0.2) is 0 Å². The van der Waals surface area contributed by atoms with Gasteiger partial charge in [0.15, 0.2) is 12.7 Å². The van der Waals surface area contributed by atoms with Crippen molar-refractivity contribution in [2.45, 2.75) is 105 Å². The molecule has 18 nitrogen and oxygen atoms in total. The molecule has 20 heteroatoms. The minimum absolute atomic E-state index is 0.0887. The largest absolute Gasteiger partial charge is 0.463 e. The lowest BCUT2D eigenvalue weighted by atomic mass is 9.74. The zero-order chi connectivity index (χ0) is 43.1. The van der Waals surface area contributed by atoms with Crippen LogP contribution in [-0.4, -0.2) is 125 Å². The van der Waals surface area contributed by atoms with Gasteiger partial charge in [-0.1, -0.05) is 13.8 Å². The summed E-state index contributed by atoms with van der Waals surface area (Å²) in [5.41, 5.74) is 0. The third-order valence-corrected chi connectivity index (χ3v) is 13.2. The lowest BCUT2D eigenvalue weighted by molar-refractivity contribution is -0.165. The first kappa shape index (κ1) is 52.2. The maximum absolute atomic E-state index is 13.0. The van der Waals surface area contributed by atoms with Crippen molar-refractivity contribution in [3.63, 3.8) is 0 Å². The van der Waals surface area contributed by atoms with Crippen LogP contribution < -0.4 is 0 Å². The van der Waals surface area contributed by atoms with E-state index >= 15 is 0 Å². The summed E-state index contributed by atoms with van der Waals surface area (Å²) in [5, 5.41) is 20.7. The van der Waals surface area contributed by atoms with Crippen LogP contribution in [-0.2, 0) is 74.8 Å². The maximum atomic E-state index is 13.0. The molecule has 0 radical (unpaired) electrons. The van der Waals surface area contributed by atoms with E-state index in [0.717, 1.165) is 0 Å². The summed E-state index contributed by atoms with van der Waals surface area (Å²) in [6, 6.07) is 0. The SMILES string of the molecule is CCOP(=O)(COC(=O)C1CCC(C)CC1C(=O)OCC(O)COCCCCOCC(O)COC(=O)C1CC(C)CCC1C(=O)OCP(=O)(OCC)OCC)OCC. The fraction of sp³-hybridized carbons (Fsp3) is 0.895. The van der Waals surface area contributed by atoms with Crippen molar-refractivity contribution in [2.75, 3.05) is 78.8 Å². The maximum Gasteiger partial charge on any atom is 0.367 e. The van der Waals surface area contributed by atoms with E-state index in [1.54, 1.807) is 27.7 Å². The summed E-state index contributed by atoms with van der Waals surface area (Å²) in [6.07, 6.45) is 0.872. The first-order chi connectivity index (χ1) is 27.6. The molecule has 0 heterocycles. The molecule has 0 amide bonds. The summed E-state index contributed by atoms with van der Waals surface area (Å²) < 4.78 is 78.4. The van der Waals surface area contributed by atoms with Crippen molar-refractivity contribution in [3.05, 3.63) is 0 Å². The zero-order valence-corrected chi connectivity index (χ0v) is 36.9. The Hall–Kier alpha value is -1.98. The molecule has 2 rings (SSSR count). The summed E-state index contributed by atoms with van der Waals surface area (Å²) in [5.74, 6) is -5.39. The number of carbonyl (C=O) groups excluding carboxylic acids is 4. The molecule has 0 aromatic heterocycles. The number of aliphatic hydroxyl groups is 2. The lowest BCUT2D eigenvalue weighted by Crippen LogP contribution is -2.38. The quantitative estimate of drug-likeness (QED) is 0.0423. The van der Waals surface area contributed by atoms with Crippen molar-refractivity contribution in [3.8, 4) is 0 Å². The second kappa shape index (κ2) is 27.8. The van der Waals surface area contributed by atoms with Crippen molar-refractivity contribution in [2.24, 2.45) is 35.5 Å². The lowest BCUT2D eigenvalue weighted by Gasteiger charge is -2.32. The fourth-order valence-electron chi connectivity index (χ4n) is 6.87. The number of unbranched alkanes of at least 4 members (excludes halogenated alkanes) is 1. The second-order valence-corrected chi connectivity index (χ2v) is 18.8. The summed E-state index contributed by atoms with van der Waals surface area (Å²) in [7, 11) is -7.23. The minimum atomic E-state index is -3.61. The molecule has 2 saturated carbocycles. The van der Waals surface area contributed by atoms with Gasteiger partial charge < -0.3 is 56.7 Å². The third kappa shape index (κ3) is 19.2. The molecule has 2 aliphatic rings. The van der Waals surface area contributed by atoms with Gasteiger partial charge in [0.2, 0.25) is 0 Å². The Morgan fingerprint density at radius 1 is 0.517 bits per heavy atom. The Morgan fingerprint density at radius 2 is 0.845 bits per heavy atom. The summed E-state index contributed by atoms with van der Waals surface area (Å²) >= 11 is 0. The Morgan fingerprint density at radius 3 is 1.17 bits per heavy atom. The smallest absolute Gasteiger partial charge is 0.367 e.